The predicted molar refractivity (Wildman–Crippen MR) is 96.2 cm³/mol. The van der Waals surface area contributed by atoms with Crippen molar-refractivity contribution in [3.05, 3.63) is 72.1 Å². The molecular formula is C20H21IN2O. The number of halogens is 1. The molecule has 0 unspecified atom stereocenters. The van der Waals surface area contributed by atoms with Crippen LogP contribution < -0.4 is 33.4 Å². The van der Waals surface area contributed by atoms with E-state index in [0.717, 1.165) is 17.0 Å². The first-order chi connectivity index (χ1) is 11.1. The Labute approximate surface area is 159 Å². The minimum absolute atomic E-state index is 0. The third-order valence-corrected chi connectivity index (χ3v) is 3.82. The van der Waals surface area contributed by atoms with Crippen LogP contribution in [0.2, 0.25) is 0 Å². The molecule has 1 aromatic heterocycles. The van der Waals surface area contributed by atoms with Crippen LogP contribution in [-0.2, 0) is 7.05 Å². The van der Waals surface area contributed by atoms with Crippen molar-refractivity contribution in [2.24, 2.45) is 7.05 Å². The lowest BCUT2D eigenvalue weighted by atomic mass is 10.2. The van der Waals surface area contributed by atoms with E-state index in [1.807, 2.05) is 62.1 Å². The highest BCUT2D eigenvalue weighted by Gasteiger charge is 2.14. The van der Waals surface area contributed by atoms with Gasteiger partial charge in [0.1, 0.15) is 7.05 Å². The Morgan fingerprint density at radius 2 is 1.58 bits per heavy atom. The Balaban J connectivity index is 0.00000208. The van der Waals surface area contributed by atoms with E-state index in [9.17, 15) is 0 Å². The number of rotatable bonds is 4. The number of aromatic nitrogens is 1. The van der Waals surface area contributed by atoms with Gasteiger partial charge in [-0.05, 0) is 23.8 Å². The van der Waals surface area contributed by atoms with Crippen LogP contribution >= 0.6 is 0 Å². The molecule has 0 amide bonds. The number of oxazole rings is 1. The van der Waals surface area contributed by atoms with Gasteiger partial charge in [-0.2, -0.15) is 4.57 Å². The topological polar surface area (TPSA) is 20.3 Å². The summed E-state index contributed by atoms with van der Waals surface area (Å²) in [5, 5.41) is 0. The van der Waals surface area contributed by atoms with Gasteiger partial charge in [-0.3, -0.25) is 0 Å². The molecule has 0 aliphatic heterocycles. The van der Waals surface area contributed by atoms with E-state index in [2.05, 4.69) is 41.3 Å². The summed E-state index contributed by atoms with van der Waals surface area (Å²) in [6, 6.07) is 16.5. The summed E-state index contributed by atoms with van der Waals surface area (Å²) in [6.45, 7) is 0. The highest BCUT2D eigenvalue weighted by atomic mass is 127. The molecule has 3 aromatic rings. The molecule has 0 aliphatic carbocycles. The Morgan fingerprint density at radius 3 is 2.25 bits per heavy atom. The molecule has 24 heavy (non-hydrogen) atoms. The minimum atomic E-state index is 0. The van der Waals surface area contributed by atoms with Crippen molar-refractivity contribution in [3.63, 3.8) is 0 Å². The van der Waals surface area contributed by atoms with Crippen molar-refractivity contribution < 1.29 is 33.0 Å². The monoisotopic (exact) mass is 432 g/mol. The molecule has 4 heteroatoms. The maximum absolute atomic E-state index is 5.83. The number of benzene rings is 2. The molecule has 0 fully saturated rings. The maximum atomic E-state index is 5.83. The van der Waals surface area contributed by atoms with E-state index < -0.39 is 0 Å². The lowest BCUT2D eigenvalue weighted by Crippen LogP contribution is -3.00. The van der Waals surface area contributed by atoms with Crippen LogP contribution in [0, 0.1) is 0 Å². The predicted octanol–water partition coefficient (Wildman–Crippen LogP) is 1.05. The van der Waals surface area contributed by atoms with Crippen LogP contribution in [0.15, 0.2) is 65.1 Å². The van der Waals surface area contributed by atoms with Crippen molar-refractivity contribution in [3.8, 4) is 0 Å². The second-order valence-corrected chi connectivity index (χ2v) is 5.67. The number of hydrogen-bond acceptors (Lipinski definition) is 2. The summed E-state index contributed by atoms with van der Waals surface area (Å²) in [7, 11) is 6.09. The Hall–Kier alpha value is -2.08. The Bertz CT molecular complexity index is 861. The number of para-hydroxylation sites is 2. The molecule has 124 valence electrons. The quantitative estimate of drug-likeness (QED) is 0.349. The van der Waals surface area contributed by atoms with Crippen LogP contribution in [0.1, 0.15) is 11.5 Å². The van der Waals surface area contributed by atoms with E-state index in [1.165, 1.54) is 11.3 Å². The first-order valence-corrected chi connectivity index (χ1v) is 7.65. The van der Waals surface area contributed by atoms with Crippen LogP contribution in [-0.4, -0.2) is 14.1 Å². The largest absolute Gasteiger partial charge is 1.00 e. The van der Waals surface area contributed by atoms with Gasteiger partial charge in [0.15, 0.2) is 0 Å². The molecule has 0 saturated heterocycles. The van der Waals surface area contributed by atoms with Crippen LogP contribution in [0.5, 0.6) is 0 Å². The molecule has 0 spiro atoms. The normalized spacial score (nSPS) is 11.3. The fourth-order valence-electron chi connectivity index (χ4n) is 2.45. The van der Waals surface area contributed by atoms with Crippen molar-refractivity contribution in [1.82, 2.24) is 0 Å². The van der Waals surface area contributed by atoms with Gasteiger partial charge >= 0.3 is 5.89 Å². The summed E-state index contributed by atoms with van der Waals surface area (Å²) in [5.74, 6) is 0.832. The minimum Gasteiger partial charge on any atom is -1.00 e. The van der Waals surface area contributed by atoms with Crippen molar-refractivity contribution in [2.45, 2.75) is 0 Å². The molecule has 3 nitrogen and oxygen atoms in total. The third kappa shape index (κ3) is 4.06. The van der Waals surface area contributed by atoms with Crippen LogP contribution in [0.3, 0.4) is 0 Å². The summed E-state index contributed by atoms with van der Waals surface area (Å²) in [5.41, 5.74) is 4.37. The zero-order chi connectivity index (χ0) is 16.2. The van der Waals surface area contributed by atoms with Gasteiger partial charge in [0.05, 0.1) is 6.08 Å². The highest BCUT2D eigenvalue weighted by Crippen LogP contribution is 2.14. The van der Waals surface area contributed by atoms with Crippen LogP contribution in [0.25, 0.3) is 23.3 Å². The van der Waals surface area contributed by atoms with Gasteiger partial charge in [-0.15, -0.1) is 0 Å². The average molecular weight is 432 g/mol. The van der Waals surface area contributed by atoms with Crippen molar-refractivity contribution >= 4 is 28.9 Å². The Kier molecular flexibility index (Phi) is 6.20. The first-order valence-electron chi connectivity index (χ1n) is 7.65. The number of nitrogens with zero attached hydrogens (tertiary/aromatic N) is 2. The summed E-state index contributed by atoms with van der Waals surface area (Å²) in [6.07, 6.45) is 8.08. The third-order valence-electron chi connectivity index (χ3n) is 3.82. The van der Waals surface area contributed by atoms with E-state index in [1.54, 1.807) is 0 Å². The second kappa shape index (κ2) is 8.15. The summed E-state index contributed by atoms with van der Waals surface area (Å²) >= 11 is 0. The smallest absolute Gasteiger partial charge is 0.373 e. The Morgan fingerprint density at radius 1 is 0.917 bits per heavy atom. The number of hydrogen-bond donors (Lipinski definition) is 0. The molecule has 2 aromatic carbocycles. The van der Waals surface area contributed by atoms with Crippen molar-refractivity contribution in [2.75, 3.05) is 19.0 Å². The molecule has 0 atom stereocenters. The zero-order valence-electron chi connectivity index (χ0n) is 14.1. The molecular weight excluding hydrogens is 411 g/mol. The molecule has 3 rings (SSSR count). The van der Waals surface area contributed by atoms with E-state index in [-0.39, 0.29) is 24.0 Å². The molecule has 1 heterocycles. The fourth-order valence-corrected chi connectivity index (χ4v) is 2.45. The van der Waals surface area contributed by atoms with Gasteiger partial charge in [0, 0.05) is 25.8 Å². The lowest BCUT2D eigenvalue weighted by Gasteiger charge is -2.11. The van der Waals surface area contributed by atoms with E-state index in [4.69, 9.17) is 4.42 Å². The number of fused-ring (bicyclic) bond motifs is 1. The first kappa shape index (κ1) is 18.3. The van der Waals surface area contributed by atoms with Gasteiger partial charge in [-0.25, -0.2) is 0 Å². The SMILES string of the molecule is CN(C)c1ccc(C=CC=Cc2oc3ccccc3[n+]2C)cc1.[I-]. The number of allylic oxidation sites excluding steroid dienone is 2. The van der Waals surface area contributed by atoms with Gasteiger partial charge in [0.2, 0.25) is 5.58 Å². The lowest BCUT2D eigenvalue weighted by molar-refractivity contribution is -0.652. The van der Waals surface area contributed by atoms with Crippen LogP contribution in [0.4, 0.5) is 5.69 Å². The summed E-state index contributed by atoms with van der Waals surface area (Å²) in [4.78, 5) is 2.09. The van der Waals surface area contributed by atoms with Gasteiger partial charge < -0.3 is 33.3 Å². The van der Waals surface area contributed by atoms with Crippen molar-refractivity contribution in [1.29, 1.82) is 0 Å². The highest BCUT2D eigenvalue weighted by molar-refractivity contribution is 5.69. The zero-order valence-corrected chi connectivity index (χ0v) is 16.3. The molecule has 0 bridgehead atoms. The standard InChI is InChI=1S/C20H21N2O.HI/c1-21(2)17-14-12-16(13-15-17)8-4-7-11-20-22(3)18-9-5-6-10-19(18)23-20;/h4-15H,1-3H3;1H/q+1;/p-1. The van der Waals surface area contributed by atoms with Gasteiger partial charge in [-0.1, -0.05) is 42.5 Å². The van der Waals surface area contributed by atoms with E-state index >= 15 is 0 Å². The fraction of sp³-hybridized carbons (Fsp3) is 0.150. The summed E-state index contributed by atoms with van der Waals surface area (Å²) < 4.78 is 7.88. The average Bonchev–Trinajstić information content (AvgIpc) is 2.89. The van der Waals surface area contributed by atoms with Gasteiger partial charge in [0.25, 0.3) is 5.52 Å². The van der Waals surface area contributed by atoms with E-state index in [0.29, 0.717) is 0 Å². The maximum Gasteiger partial charge on any atom is 0.373 e. The number of anilines is 1. The second-order valence-electron chi connectivity index (χ2n) is 5.67. The molecule has 0 aliphatic rings. The molecule has 0 radical (unpaired) electrons. The molecule has 0 saturated carbocycles. The number of aryl methyl sites for hydroxylation is 1. The molecule has 0 N–H and O–H groups in total.